The molecular weight excluding hydrogens is 194 g/mol. The molecule has 0 radical (unpaired) electrons. The monoisotopic (exact) mass is 211 g/mol. The van der Waals surface area contributed by atoms with Gasteiger partial charge in [0, 0.05) is 23.9 Å². The molecule has 0 aliphatic carbocycles. The van der Waals surface area contributed by atoms with Crippen molar-refractivity contribution in [3.8, 4) is 11.5 Å². The Labute approximate surface area is 89.6 Å². The number of rotatable bonds is 4. The summed E-state index contributed by atoms with van der Waals surface area (Å²) in [6.07, 6.45) is 0. The van der Waals surface area contributed by atoms with Gasteiger partial charge in [-0.1, -0.05) is 0 Å². The molecule has 0 amide bonds. The SMILES string of the molecule is COc1cc(N)cc(OCC(C)(C)O)c1. The first-order chi connectivity index (χ1) is 6.90. The summed E-state index contributed by atoms with van der Waals surface area (Å²) < 4.78 is 10.4. The maximum Gasteiger partial charge on any atom is 0.125 e. The van der Waals surface area contributed by atoms with Gasteiger partial charge >= 0.3 is 0 Å². The fourth-order valence-corrected chi connectivity index (χ4v) is 1.05. The van der Waals surface area contributed by atoms with Crippen LogP contribution in [0.1, 0.15) is 13.8 Å². The molecule has 0 aromatic heterocycles. The predicted octanol–water partition coefficient (Wildman–Crippen LogP) is 1.43. The molecule has 0 fully saturated rings. The molecule has 84 valence electrons. The lowest BCUT2D eigenvalue weighted by Crippen LogP contribution is -2.27. The first kappa shape index (κ1) is 11.7. The second kappa shape index (κ2) is 4.40. The van der Waals surface area contributed by atoms with Gasteiger partial charge in [0.2, 0.25) is 0 Å². The largest absolute Gasteiger partial charge is 0.497 e. The molecular formula is C11H17NO3. The number of ether oxygens (including phenoxy) is 2. The van der Waals surface area contributed by atoms with Gasteiger partial charge in [0.25, 0.3) is 0 Å². The highest BCUT2D eigenvalue weighted by molar-refractivity contribution is 5.50. The number of hydrogen-bond donors (Lipinski definition) is 2. The van der Waals surface area contributed by atoms with Crippen molar-refractivity contribution < 1.29 is 14.6 Å². The third kappa shape index (κ3) is 4.08. The van der Waals surface area contributed by atoms with E-state index in [2.05, 4.69) is 0 Å². The number of aliphatic hydroxyl groups is 1. The fraction of sp³-hybridized carbons (Fsp3) is 0.455. The fourth-order valence-electron chi connectivity index (χ4n) is 1.05. The Morgan fingerprint density at radius 3 is 2.40 bits per heavy atom. The van der Waals surface area contributed by atoms with Crippen molar-refractivity contribution in [3.05, 3.63) is 18.2 Å². The van der Waals surface area contributed by atoms with Gasteiger partial charge in [-0.3, -0.25) is 0 Å². The highest BCUT2D eigenvalue weighted by atomic mass is 16.5. The van der Waals surface area contributed by atoms with Gasteiger partial charge in [0.1, 0.15) is 18.1 Å². The summed E-state index contributed by atoms with van der Waals surface area (Å²) in [5.74, 6) is 1.23. The summed E-state index contributed by atoms with van der Waals surface area (Å²) in [5, 5.41) is 9.49. The second-order valence-corrected chi connectivity index (χ2v) is 4.04. The van der Waals surface area contributed by atoms with E-state index in [1.54, 1.807) is 39.2 Å². The zero-order valence-corrected chi connectivity index (χ0v) is 9.28. The van der Waals surface area contributed by atoms with Gasteiger partial charge < -0.3 is 20.3 Å². The van der Waals surface area contributed by atoms with Gasteiger partial charge in [-0.2, -0.15) is 0 Å². The van der Waals surface area contributed by atoms with Gasteiger partial charge in [0.05, 0.1) is 12.7 Å². The number of anilines is 1. The van der Waals surface area contributed by atoms with E-state index in [4.69, 9.17) is 15.2 Å². The summed E-state index contributed by atoms with van der Waals surface area (Å²) in [7, 11) is 1.56. The minimum absolute atomic E-state index is 0.208. The Morgan fingerprint density at radius 2 is 1.87 bits per heavy atom. The zero-order chi connectivity index (χ0) is 11.5. The normalized spacial score (nSPS) is 11.2. The van der Waals surface area contributed by atoms with Crippen LogP contribution in [-0.2, 0) is 0 Å². The lowest BCUT2D eigenvalue weighted by atomic mass is 10.2. The molecule has 0 heterocycles. The highest BCUT2D eigenvalue weighted by Gasteiger charge is 2.13. The third-order valence-electron chi connectivity index (χ3n) is 1.73. The molecule has 1 aromatic carbocycles. The van der Waals surface area contributed by atoms with Crippen LogP contribution in [0.2, 0.25) is 0 Å². The summed E-state index contributed by atoms with van der Waals surface area (Å²) >= 11 is 0. The molecule has 0 saturated carbocycles. The van der Waals surface area contributed by atoms with Crippen molar-refractivity contribution in [2.45, 2.75) is 19.4 Å². The van der Waals surface area contributed by atoms with Gasteiger partial charge in [-0.05, 0) is 13.8 Å². The number of hydrogen-bond acceptors (Lipinski definition) is 4. The summed E-state index contributed by atoms with van der Waals surface area (Å²) in [6, 6.07) is 5.12. The third-order valence-corrected chi connectivity index (χ3v) is 1.73. The Balaban J connectivity index is 2.73. The van der Waals surface area contributed by atoms with E-state index >= 15 is 0 Å². The van der Waals surface area contributed by atoms with E-state index in [1.807, 2.05) is 0 Å². The van der Waals surface area contributed by atoms with Crippen LogP contribution < -0.4 is 15.2 Å². The average molecular weight is 211 g/mol. The first-order valence-corrected chi connectivity index (χ1v) is 4.70. The molecule has 4 heteroatoms. The Kier molecular flexibility index (Phi) is 3.42. The molecule has 15 heavy (non-hydrogen) atoms. The lowest BCUT2D eigenvalue weighted by Gasteiger charge is -2.18. The molecule has 4 nitrogen and oxygen atoms in total. The van der Waals surface area contributed by atoms with Crippen LogP contribution in [0, 0.1) is 0 Å². The van der Waals surface area contributed by atoms with Crippen LogP contribution in [0.4, 0.5) is 5.69 Å². The predicted molar refractivity (Wildman–Crippen MR) is 59.2 cm³/mol. The lowest BCUT2D eigenvalue weighted by molar-refractivity contribution is 0.0284. The van der Waals surface area contributed by atoms with Crippen molar-refractivity contribution in [2.24, 2.45) is 0 Å². The van der Waals surface area contributed by atoms with Gasteiger partial charge in [-0.25, -0.2) is 0 Å². The summed E-state index contributed by atoms with van der Waals surface area (Å²) in [4.78, 5) is 0. The van der Waals surface area contributed by atoms with Crippen molar-refractivity contribution in [3.63, 3.8) is 0 Å². The Bertz CT molecular complexity index is 331. The number of methoxy groups -OCH3 is 1. The summed E-state index contributed by atoms with van der Waals surface area (Å²) in [5.41, 5.74) is 5.36. The minimum atomic E-state index is -0.863. The smallest absolute Gasteiger partial charge is 0.125 e. The van der Waals surface area contributed by atoms with Gasteiger partial charge in [-0.15, -0.1) is 0 Å². The maximum atomic E-state index is 9.49. The van der Waals surface area contributed by atoms with Crippen LogP contribution in [-0.4, -0.2) is 24.4 Å². The Morgan fingerprint density at radius 1 is 1.27 bits per heavy atom. The van der Waals surface area contributed by atoms with E-state index in [9.17, 15) is 5.11 Å². The number of nitrogen functional groups attached to an aromatic ring is 1. The van der Waals surface area contributed by atoms with Crippen molar-refractivity contribution in [1.82, 2.24) is 0 Å². The van der Waals surface area contributed by atoms with Crippen LogP contribution in [0.3, 0.4) is 0 Å². The molecule has 0 atom stereocenters. The first-order valence-electron chi connectivity index (χ1n) is 4.70. The molecule has 0 bridgehead atoms. The van der Waals surface area contributed by atoms with Crippen LogP contribution in [0.15, 0.2) is 18.2 Å². The average Bonchev–Trinajstić information content (AvgIpc) is 2.13. The molecule has 0 unspecified atom stereocenters. The quantitative estimate of drug-likeness (QED) is 0.739. The van der Waals surface area contributed by atoms with Crippen molar-refractivity contribution in [2.75, 3.05) is 19.5 Å². The van der Waals surface area contributed by atoms with E-state index in [-0.39, 0.29) is 6.61 Å². The molecule has 0 spiro atoms. The molecule has 1 aromatic rings. The van der Waals surface area contributed by atoms with Gasteiger partial charge in [0.15, 0.2) is 0 Å². The topological polar surface area (TPSA) is 64.7 Å². The molecule has 0 aliphatic heterocycles. The van der Waals surface area contributed by atoms with Crippen LogP contribution in [0.25, 0.3) is 0 Å². The highest BCUT2D eigenvalue weighted by Crippen LogP contribution is 2.24. The summed E-state index contributed by atoms with van der Waals surface area (Å²) in [6.45, 7) is 3.56. The standard InChI is InChI=1S/C11H17NO3/c1-11(2,13)7-15-10-5-8(12)4-9(6-10)14-3/h4-6,13H,7,12H2,1-3H3. The van der Waals surface area contributed by atoms with Crippen LogP contribution >= 0.6 is 0 Å². The van der Waals surface area contributed by atoms with E-state index < -0.39 is 5.60 Å². The van der Waals surface area contributed by atoms with E-state index in [0.29, 0.717) is 17.2 Å². The minimum Gasteiger partial charge on any atom is -0.497 e. The van der Waals surface area contributed by atoms with Crippen molar-refractivity contribution >= 4 is 5.69 Å². The molecule has 0 aliphatic rings. The number of benzene rings is 1. The second-order valence-electron chi connectivity index (χ2n) is 4.04. The molecule has 1 rings (SSSR count). The van der Waals surface area contributed by atoms with E-state index in [0.717, 1.165) is 0 Å². The zero-order valence-electron chi connectivity index (χ0n) is 9.28. The maximum absolute atomic E-state index is 9.49. The number of nitrogens with two attached hydrogens (primary N) is 1. The molecule has 0 saturated heterocycles. The molecule has 3 N–H and O–H groups in total. The van der Waals surface area contributed by atoms with Crippen LogP contribution in [0.5, 0.6) is 11.5 Å². The Hall–Kier alpha value is -1.42. The van der Waals surface area contributed by atoms with E-state index in [1.165, 1.54) is 0 Å². The van der Waals surface area contributed by atoms with Crippen molar-refractivity contribution in [1.29, 1.82) is 0 Å².